The average molecular weight is 319 g/mol. The Bertz CT molecular complexity index is 392. The molecule has 22 heavy (non-hydrogen) atoms. The zero-order valence-corrected chi connectivity index (χ0v) is 14.1. The average Bonchev–Trinajstić information content (AvgIpc) is 2.29. The standard InChI is InChI=1S/C14H25NO7/c1-13(2,3)21-11(18)15(9(8-16)10(17)20-7)12(19)22-14(4,5)6/h9,16H,8H2,1-7H3. The van der Waals surface area contributed by atoms with Gasteiger partial charge in [-0.15, -0.1) is 0 Å². The quantitative estimate of drug-likeness (QED) is 0.623. The van der Waals surface area contributed by atoms with Gasteiger partial charge in [0.1, 0.15) is 11.2 Å². The van der Waals surface area contributed by atoms with Crippen LogP contribution in [0.15, 0.2) is 0 Å². The van der Waals surface area contributed by atoms with Crippen LogP contribution < -0.4 is 0 Å². The highest BCUT2D eigenvalue weighted by Crippen LogP contribution is 2.17. The van der Waals surface area contributed by atoms with E-state index in [9.17, 15) is 19.5 Å². The first-order valence-electron chi connectivity index (χ1n) is 6.76. The lowest BCUT2D eigenvalue weighted by Gasteiger charge is -2.31. The molecule has 0 aromatic heterocycles. The van der Waals surface area contributed by atoms with Crippen LogP contribution in [-0.2, 0) is 19.0 Å². The van der Waals surface area contributed by atoms with Crippen LogP contribution in [0.2, 0.25) is 0 Å². The number of imide groups is 1. The Labute approximate surface area is 130 Å². The lowest BCUT2D eigenvalue weighted by atomic mass is 10.2. The molecule has 0 saturated heterocycles. The summed E-state index contributed by atoms with van der Waals surface area (Å²) < 4.78 is 14.6. The van der Waals surface area contributed by atoms with Gasteiger partial charge in [0.05, 0.1) is 13.7 Å². The summed E-state index contributed by atoms with van der Waals surface area (Å²) in [6.45, 7) is 8.79. The highest BCUT2D eigenvalue weighted by Gasteiger charge is 2.40. The zero-order valence-electron chi connectivity index (χ0n) is 14.1. The first kappa shape index (κ1) is 20.2. The molecule has 0 aliphatic heterocycles. The Morgan fingerprint density at radius 3 is 1.55 bits per heavy atom. The summed E-state index contributed by atoms with van der Waals surface area (Å²) in [5.74, 6) is -0.959. The number of methoxy groups -OCH3 is 1. The van der Waals surface area contributed by atoms with Gasteiger partial charge in [-0.3, -0.25) is 0 Å². The molecule has 8 heteroatoms. The minimum Gasteiger partial charge on any atom is -0.467 e. The molecular formula is C14H25NO7. The second-order valence-corrected chi connectivity index (χ2v) is 6.55. The number of hydrogen-bond acceptors (Lipinski definition) is 7. The Kier molecular flexibility index (Phi) is 6.82. The SMILES string of the molecule is COC(=O)C(CO)N(C(=O)OC(C)(C)C)C(=O)OC(C)(C)C. The third kappa shape index (κ3) is 6.75. The fraction of sp³-hybridized carbons (Fsp3) is 0.786. The van der Waals surface area contributed by atoms with Gasteiger partial charge in [-0.2, -0.15) is 4.90 Å². The number of carbonyl (C=O) groups excluding carboxylic acids is 3. The summed E-state index contributed by atoms with van der Waals surface area (Å²) in [7, 11) is 1.08. The second-order valence-electron chi connectivity index (χ2n) is 6.55. The van der Waals surface area contributed by atoms with Crippen LogP contribution in [0.4, 0.5) is 9.59 Å². The highest BCUT2D eigenvalue weighted by molar-refractivity contribution is 5.94. The number of amides is 2. The molecule has 2 amide bonds. The molecule has 0 aliphatic carbocycles. The molecule has 0 aromatic carbocycles. The molecule has 1 atom stereocenters. The Hall–Kier alpha value is -1.83. The summed E-state index contributed by atoms with van der Waals surface area (Å²) in [5, 5.41) is 9.33. The fourth-order valence-electron chi connectivity index (χ4n) is 1.35. The third-order valence-electron chi connectivity index (χ3n) is 2.14. The number of rotatable bonds is 3. The van der Waals surface area contributed by atoms with E-state index in [1.807, 2.05) is 0 Å². The molecule has 1 N–H and O–H groups in total. The molecule has 0 radical (unpaired) electrons. The molecule has 1 unspecified atom stereocenters. The number of esters is 1. The molecule has 0 saturated carbocycles. The van der Waals surface area contributed by atoms with Crippen molar-refractivity contribution in [2.45, 2.75) is 58.8 Å². The monoisotopic (exact) mass is 319 g/mol. The van der Waals surface area contributed by atoms with E-state index < -0.39 is 42.0 Å². The van der Waals surface area contributed by atoms with E-state index in [0.29, 0.717) is 4.90 Å². The predicted octanol–water partition coefficient (Wildman–Crippen LogP) is 1.69. The molecule has 0 heterocycles. The van der Waals surface area contributed by atoms with E-state index in [4.69, 9.17) is 9.47 Å². The van der Waals surface area contributed by atoms with Crippen LogP contribution in [0.5, 0.6) is 0 Å². The maximum atomic E-state index is 12.2. The molecule has 8 nitrogen and oxygen atoms in total. The van der Waals surface area contributed by atoms with Crippen molar-refractivity contribution in [2.75, 3.05) is 13.7 Å². The first-order valence-corrected chi connectivity index (χ1v) is 6.76. The van der Waals surface area contributed by atoms with Gasteiger partial charge in [-0.05, 0) is 41.5 Å². The lowest BCUT2D eigenvalue weighted by molar-refractivity contribution is -0.148. The van der Waals surface area contributed by atoms with Gasteiger partial charge in [0, 0.05) is 0 Å². The van der Waals surface area contributed by atoms with Gasteiger partial charge < -0.3 is 19.3 Å². The topological polar surface area (TPSA) is 102 Å². The van der Waals surface area contributed by atoms with Crippen molar-refractivity contribution in [3.63, 3.8) is 0 Å². The highest BCUT2D eigenvalue weighted by atomic mass is 16.6. The number of nitrogens with zero attached hydrogens (tertiary/aromatic N) is 1. The summed E-state index contributed by atoms with van der Waals surface area (Å²) >= 11 is 0. The van der Waals surface area contributed by atoms with E-state index in [0.717, 1.165) is 7.11 Å². The van der Waals surface area contributed by atoms with Gasteiger partial charge in [0.25, 0.3) is 0 Å². The summed E-state index contributed by atoms with van der Waals surface area (Å²) in [5.41, 5.74) is -1.79. The molecule has 0 bridgehead atoms. The smallest absolute Gasteiger partial charge is 0.420 e. The molecule has 0 spiro atoms. The van der Waals surface area contributed by atoms with Crippen LogP contribution in [0.1, 0.15) is 41.5 Å². The molecule has 0 aliphatic rings. The Balaban J connectivity index is 5.51. The largest absolute Gasteiger partial charge is 0.467 e. The van der Waals surface area contributed by atoms with Gasteiger partial charge in [-0.1, -0.05) is 0 Å². The molecule has 128 valence electrons. The van der Waals surface area contributed by atoms with Crippen LogP contribution >= 0.6 is 0 Å². The Morgan fingerprint density at radius 1 is 0.955 bits per heavy atom. The number of carbonyl (C=O) groups is 3. The van der Waals surface area contributed by atoms with Crippen molar-refractivity contribution in [2.24, 2.45) is 0 Å². The van der Waals surface area contributed by atoms with Gasteiger partial charge in [0.2, 0.25) is 0 Å². The van der Waals surface area contributed by atoms with Crippen molar-refractivity contribution < 1.29 is 33.7 Å². The minimum atomic E-state index is -1.55. The molecule has 0 fully saturated rings. The fourth-order valence-corrected chi connectivity index (χ4v) is 1.35. The van der Waals surface area contributed by atoms with E-state index in [1.54, 1.807) is 41.5 Å². The van der Waals surface area contributed by atoms with E-state index in [-0.39, 0.29) is 0 Å². The third-order valence-corrected chi connectivity index (χ3v) is 2.14. The summed E-state index contributed by atoms with van der Waals surface area (Å²) in [6, 6.07) is -1.55. The minimum absolute atomic E-state index is 0.419. The molecule has 0 rings (SSSR count). The number of aliphatic hydroxyl groups is 1. The number of ether oxygens (including phenoxy) is 3. The maximum Gasteiger partial charge on any atom is 0.420 e. The lowest BCUT2D eigenvalue weighted by Crippen LogP contribution is -2.53. The van der Waals surface area contributed by atoms with Crippen LogP contribution in [0, 0.1) is 0 Å². The van der Waals surface area contributed by atoms with Gasteiger partial charge >= 0.3 is 18.2 Å². The molecule has 0 aromatic rings. The normalized spacial score (nSPS) is 13.1. The number of aliphatic hydroxyl groups excluding tert-OH is 1. The predicted molar refractivity (Wildman–Crippen MR) is 77.2 cm³/mol. The van der Waals surface area contributed by atoms with Crippen LogP contribution in [0.3, 0.4) is 0 Å². The number of hydrogen-bond donors (Lipinski definition) is 1. The van der Waals surface area contributed by atoms with Gasteiger partial charge in [0.15, 0.2) is 6.04 Å². The summed E-state index contributed by atoms with van der Waals surface area (Å²) in [4.78, 5) is 36.5. The van der Waals surface area contributed by atoms with E-state index in [2.05, 4.69) is 4.74 Å². The van der Waals surface area contributed by atoms with E-state index >= 15 is 0 Å². The van der Waals surface area contributed by atoms with Crippen LogP contribution in [0.25, 0.3) is 0 Å². The first-order chi connectivity index (χ1) is 9.82. The van der Waals surface area contributed by atoms with Crippen molar-refractivity contribution in [3.8, 4) is 0 Å². The van der Waals surface area contributed by atoms with E-state index in [1.165, 1.54) is 0 Å². The maximum absolute atomic E-state index is 12.2. The van der Waals surface area contributed by atoms with Crippen molar-refractivity contribution in [1.29, 1.82) is 0 Å². The summed E-state index contributed by atoms with van der Waals surface area (Å²) in [6.07, 6.45) is -2.21. The van der Waals surface area contributed by atoms with Gasteiger partial charge in [-0.25, -0.2) is 14.4 Å². The van der Waals surface area contributed by atoms with Crippen molar-refractivity contribution >= 4 is 18.2 Å². The Morgan fingerprint density at radius 2 is 1.32 bits per heavy atom. The van der Waals surface area contributed by atoms with Crippen molar-refractivity contribution in [3.05, 3.63) is 0 Å². The molecular weight excluding hydrogens is 294 g/mol. The second kappa shape index (κ2) is 7.44. The van der Waals surface area contributed by atoms with Crippen molar-refractivity contribution in [1.82, 2.24) is 4.90 Å². The zero-order chi connectivity index (χ0) is 17.7. The van der Waals surface area contributed by atoms with Crippen LogP contribution in [-0.4, -0.2) is 59.1 Å².